The van der Waals surface area contributed by atoms with E-state index in [1.807, 2.05) is 6.92 Å². The van der Waals surface area contributed by atoms with Crippen LogP contribution in [0.2, 0.25) is 0 Å². The largest absolute Gasteiger partial charge is 0.462 e. The standard InChI is InChI=1S/C11H21NO2/c1-4-9(2)10(3)14-11(13)7-5-6-8-12/h8-10,12H,4-7H2,1-3H3. The monoisotopic (exact) mass is 199 g/mol. The predicted molar refractivity (Wildman–Crippen MR) is 57.6 cm³/mol. The van der Waals surface area contributed by atoms with Gasteiger partial charge in [0.05, 0.1) is 0 Å². The second-order valence-corrected chi connectivity index (χ2v) is 3.68. The Morgan fingerprint density at radius 2 is 2.14 bits per heavy atom. The third kappa shape index (κ3) is 5.73. The first-order valence-electron chi connectivity index (χ1n) is 5.30. The summed E-state index contributed by atoms with van der Waals surface area (Å²) in [5.41, 5.74) is 0. The van der Waals surface area contributed by atoms with Crippen molar-refractivity contribution in [2.75, 3.05) is 0 Å². The lowest BCUT2D eigenvalue weighted by Gasteiger charge is -2.18. The second kappa shape index (κ2) is 7.54. The summed E-state index contributed by atoms with van der Waals surface area (Å²) in [7, 11) is 0. The van der Waals surface area contributed by atoms with Crippen LogP contribution in [0.4, 0.5) is 0 Å². The summed E-state index contributed by atoms with van der Waals surface area (Å²) in [6, 6.07) is 0. The molecule has 1 N–H and O–H groups in total. The Kier molecular flexibility index (Phi) is 7.07. The van der Waals surface area contributed by atoms with Gasteiger partial charge in [0.15, 0.2) is 0 Å². The molecule has 3 heteroatoms. The molecule has 2 unspecified atom stereocenters. The Hall–Kier alpha value is -0.860. The molecule has 0 aliphatic heterocycles. The van der Waals surface area contributed by atoms with Crippen molar-refractivity contribution in [3.05, 3.63) is 0 Å². The van der Waals surface area contributed by atoms with Gasteiger partial charge in [-0.1, -0.05) is 20.3 Å². The van der Waals surface area contributed by atoms with Crippen LogP contribution in [0.15, 0.2) is 0 Å². The molecular formula is C11H21NO2. The highest BCUT2D eigenvalue weighted by atomic mass is 16.5. The normalized spacial score (nSPS) is 14.5. The number of esters is 1. The van der Waals surface area contributed by atoms with Gasteiger partial charge in [-0.15, -0.1) is 0 Å². The van der Waals surface area contributed by atoms with Crippen LogP contribution >= 0.6 is 0 Å². The molecule has 3 nitrogen and oxygen atoms in total. The van der Waals surface area contributed by atoms with Crippen molar-refractivity contribution in [2.24, 2.45) is 5.92 Å². The van der Waals surface area contributed by atoms with Crippen molar-refractivity contribution in [2.45, 2.75) is 52.6 Å². The molecule has 0 fully saturated rings. The first-order chi connectivity index (χ1) is 6.61. The number of carbonyl (C=O) groups is 1. The van der Waals surface area contributed by atoms with Gasteiger partial charge in [-0.3, -0.25) is 4.79 Å². The number of ether oxygens (including phenoxy) is 1. The first kappa shape index (κ1) is 13.1. The summed E-state index contributed by atoms with van der Waals surface area (Å²) < 4.78 is 5.24. The third-order valence-corrected chi connectivity index (χ3v) is 2.49. The average Bonchev–Trinajstić information content (AvgIpc) is 2.16. The lowest BCUT2D eigenvalue weighted by molar-refractivity contribution is -0.150. The van der Waals surface area contributed by atoms with E-state index in [2.05, 4.69) is 13.8 Å². The number of rotatable bonds is 7. The molecule has 0 spiro atoms. The van der Waals surface area contributed by atoms with Crippen LogP contribution < -0.4 is 0 Å². The van der Waals surface area contributed by atoms with E-state index >= 15 is 0 Å². The van der Waals surface area contributed by atoms with Gasteiger partial charge in [0.2, 0.25) is 0 Å². The molecule has 0 aromatic rings. The fourth-order valence-electron chi connectivity index (χ4n) is 1.06. The number of carbonyl (C=O) groups excluding carboxylic acids is 1. The van der Waals surface area contributed by atoms with Gasteiger partial charge in [-0.2, -0.15) is 0 Å². The Morgan fingerprint density at radius 3 is 2.64 bits per heavy atom. The maximum atomic E-state index is 11.3. The van der Waals surface area contributed by atoms with Crippen molar-refractivity contribution in [3.8, 4) is 0 Å². The fourth-order valence-corrected chi connectivity index (χ4v) is 1.06. The lowest BCUT2D eigenvalue weighted by Crippen LogP contribution is -2.21. The quantitative estimate of drug-likeness (QED) is 0.389. The van der Waals surface area contributed by atoms with Gasteiger partial charge in [-0.25, -0.2) is 0 Å². The second-order valence-electron chi connectivity index (χ2n) is 3.68. The molecule has 0 amide bonds. The maximum Gasteiger partial charge on any atom is 0.306 e. The summed E-state index contributed by atoms with van der Waals surface area (Å²) in [6.07, 6.45) is 4.16. The van der Waals surface area contributed by atoms with E-state index in [9.17, 15) is 4.79 Å². The Balaban J connectivity index is 3.65. The first-order valence-corrected chi connectivity index (χ1v) is 5.30. The molecule has 82 valence electrons. The molecule has 0 bridgehead atoms. The topological polar surface area (TPSA) is 50.2 Å². The van der Waals surface area contributed by atoms with Crippen LogP contribution in [0.1, 0.15) is 46.5 Å². The Labute approximate surface area is 86.3 Å². The summed E-state index contributed by atoms with van der Waals surface area (Å²) in [4.78, 5) is 11.3. The molecule has 0 saturated carbocycles. The van der Waals surface area contributed by atoms with Gasteiger partial charge >= 0.3 is 5.97 Å². The maximum absolute atomic E-state index is 11.3. The van der Waals surface area contributed by atoms with Crippen LogP contribution in [0, 0.1) is 11.3 Å². The van der Waals surface area contributed by atoms with E-state index in [0.29, 0.717) is 18.8 Å². The van der Waals surface area contributed by atoms with E-state index in [4.69, 9.17) is 10.1 Å². The molecule has 0 aliphatic rings. The van der Waals surface area contributed by atoms with Gasteiger partial charge in [0, 0.05) is 6.42 Å². The number of nitrogens with one attached hydrogen (secondary N) is 1. The van der Waals surface area contributed by atoms with Gasteiger partial charge < -0.3 is 10.1 Å². The Bertz CT molecular complexity index is 180. The van der Waals surface area contributed by atoms with Gasteiger partial charge in [-0.05, 0) is 31.9 Å². The minimum atomic E-state index is -0.139. The molecule has 0 saturated heterocycles. The van der Waals surface area contributed by atoms with Crippen molar-refractivity contribution in [1.29, 1.82) is 5.41 Å². The van der Waals surface area contributed by atoms with Crippen LogP contribution in [0.3, 0.4) is 0 Å². The highest BCUT2D eigenvalue weighted by Gasteiger charge is 2.14. The highest BCUT2D eigenvalue weighted by Crippen LogP contribution is 2.11. The molecule has 14 heavy (non-hydrogen) atoms. The molecule has 0 heterocycles. The van der Waals surface area contributed by atoms with Crippen molar-refractivity contribution in [1.82, 2.24) is 0 Å². The third-order valence-electron chi connectivity index (χ3n) is 2.49. The zero-order valence-electron chi connectivity index (χ0n) is 9.38. The van der Waals surface area contributed by atoms with E-state index in [-0.39, 0.29) is 12.1 Å². The van der Waals surface area contributed by atoms with Gasteiger partial charge in [0.25, 0.3) is 0 Å². The van der Waals surface area contributed by atoms with Crippen LogP contribution in [0.5, 0.6) is 0 Å². The average molecular weight is 199 g/mol. The van der Waals surface area contributed by atoms with Crippen LogP contribution in [0.25, 0.3) is 0 Å². The Morgan fingerprint density at radius 1 is 1.50 bits per heavy atom. The van der Waals surface area contributed by atoms with E-state index in [1.54, 1.807) is 0 Å². The van der Waals surface area contributed by atoms with E-state index in [0.717, 1.165) is 12.8 Å². The highest BCUT2D eigenvalue weighted by molar-refractivity contribution is 5.70. The van der Waals surface area contributed by atoms with Crippen molar-refractivity contribution >= 4 is 12.2 Å². The molecule has 2 atom stereocenters. The minimum absolute atomic E-state index is 0.00693. The van der Waals surface area contributed by atoms with Crippen LogP contribution in [-0.2, 0) is 9.53 Å². The smallest absolute Gasteiger partial charge is 0.306 e. The minimum Gasteiger partial charge on any atom is -0.462 e. The summed E-state index contributed by atoms with van der Waals surface area (Å²) >= 11 is 0. The molecule has 0 aromatic carbocycles. The fraction of sp³-hybridized carbons (Fsp3) is 0.818. The van der Waals surface area contributed by atoms with E-state index < -0.39 is 0 Å². The van der Waals surface area contributed by atoms with Crippen LogP contribution in [-0.4, -0.2) is 18.3 Å². The molecule has 0 aliphatic carbocycles. The SMILES string of the molecule is CCC(C)C(C)OC(=O)CCCC=N. The number of hydrogen-bond acceptors (Lipinski definition) is 3. The summed E-state index contributed by atoms with van der Waals surface area (Å²) in [6.45, 7) is 6.10. The summed E-state index contributed by atoms with van der Waals surface area (Å²) in [5.74, 6) is 0.279. The molecule has 0 aromatic heterocycles. The van der Waals surface area contributed by atoms with Crippen molar-refractivity contribution < 1.29 is 9.53 Å². The predicted octanol–water partition coefficient (Wildman–Crippen LogP) is 2.78. The van der Waals surface area contributed by atoms with Crippen molar-refractivity contribution in [3.63, 3.8) is 0 Å². The molecule has 0 radical (unpaired) electrons. The number of hydrogen-bond donors (Lipinski definition) is 1. The van der Waals surface area contributed by atoms with E-state index in [1.165, 1.54) is 6.21 Å². The summed E-state index contributed by atoms with van der Waals surface area (Å²) in [5, 5.41) is 6.81. The number of unbranched alkanes of at least 4 members (excludes halogenated alkanes) is 1. The lowest BCUT2D eigenvalue weighted by atomic mass is 10.0. The zero-order valence-corrected chi connectivity index (χ0v) is 9.38. The van der Waals surface area contributed by atoms with Gasteiger partial charge in [0.1, 0.15) is 6.10 Å². The zero-order chi connectivity index (χ0) is 11.0. The molecule has 0 rings (SSSR count). The molecular weight excluding hydrogens is 178 g/mol.